The minimum atomic E-state index is -0.213. The van der Waals surface area contributed by atoms with Gasteiger partial charge in [0.1, 0.15) is 5.78 Å². The molecule has 0 spiro atoms. The number of hydrogen-bond acceptors (Lipinski definition) is 1. The third-order valence-electron chi connectivity index (χ3n) is 3.51. The molecule has 0 amide bonds. The van der Waals surface area contributed by atoms with Crippen LogP contribution >= 0.6 is 0 Å². The van der Waals surface area contributed by atoms with Crippen molar-refractivity contribution in [2.75, 3.05) is 0 Å². The first-order chi connectivity index (χ1) is 6.09. The first kappa shape index (κ1) is 8.74. The van der Waals surface area contributed by atoms with Crippen molar-refractivity contribution in [1.82, 2.24) is 0 Å². The second-order valence-corrected chi connectivity index (χ2v) is 4.53. The lowest BCUT2D eigenvalue weighted by Crippen LogP contribution is -2.22. The van der Waals surface area contributed by atoms with Gasteiger partial charge in [-0.05, 0) is 27.2 Å². The van der Waals surface area contributed by atoms with Crippen LogP contribution in [-0.4, -0.2) is 5.78 Å². The van der Waals surface area contributed by atoms with Gasteiger partial charge in [0.25, 0.3) is 0 Å². The fraction of sp³-hybridized carbons (Fsp3) is 0.583. The van der Waals surface area contributed by atoms with E-state index >= 15 is 0 Å². The molecule has 0 bridgehead atoms. The zero-order chi connectivity index (χ0) is 9.64. The number of fused-ring (bicyclic) bond motifs is 1. The number of allylic oxidation sites excluding steroid dienone is 4. The van der Waals surface area contributed by atoms with E-state index in [0.717, 1.165) is 6.42 Å². The van der Waals surface area contributed by atoms with Crippen molar-refractivity contribution in [3.8, 4) is 0 Å². The Morgan fingerprint density at radius 1 is 1.54 bits per heavy atom. The Hall–Kier alpha value is -0.850. The molecule has 0 radical (unpaired) electrons. The molecule has 1 fully saturated rings. The molecule has 1 saturated carbocycles. The van der Waals surface area contributed by atoms with E-state index in [2.05, 4.69) is 32.1 Å². The largest absolute Gasteiger partial charge is 0.298 e. The molecule has 0 saturated heterocycles. The molecule has 0 aromatic carbocycles. The Balaban J connectivity index is 2.48. The molecule has 0 heterocycles. The summed E-state index contributed by atoms with van der Waals surface area (Å²) in [5.74, 6) is 1.09. The molecule has 0 aliphatic heterocycles. The molecule has 1 heteroatoms. The molecule has 0 aromatic rings. The van der Waals surface area contributed by atoms with Crippen molar-refractivity contribution >= 4 is 5.78 Å². The van der Waals surface area contributed by atoms with Gasteiger partial charge in [-0.25, -0.2) is 0 Å². The lowest BCUT2D eigenvalue weighted by molar-refractivity contribution is -0.126. The fourth-order valence-electron chi connectivity index (χ4n) is 2.82. The summed E-state index contributed by atoms with van der Waals surface area (Å²) in [5, 5.41) is 0. The van der Waals surface area contributed by atoms with E-state index < -0.39 is 0 Å². The zero-order valence-electron chi connectivity index (χ0n) is 8.50. The normalized spacial score (nSPS) is 38.7. The summed E-state index contributed by atoms with van der Waals surface area (Å²) >= 11 is 0. The number of ketones is 1. The predicted molar refractivity (Wildman–Crippen MR) is 53.3 cm³/mol. The Kier molecular flexibility index (Phi) is 1.73. The highest BCUT2D eigenvalue weighted by Crippen LogP contribution is 2.50. The van der Waals surface area contributed by atoms with Crippen LogP contribution in [0.4, 0.5) is 0 Å². The lowest BCUT2D eigenvalue weighted by Gasteiger charge is -2.19. The molecular weight excluding hydrogens is 160 g/mol. The first-order valence-corrected chi connectivity index (χ1v) is 4.96. The highest BCUT2D eigenvalue weighted by molar-refractivity contribution is 5.94. The predicted octanol–water partition coefficient (Wildman–Crippen LogP) is 2.73. The first-order valence-electron chi connectivity index (χ1n) is 4.96. The number of carbonyl (C=O) groups is 1. The van der Waals surface area contributed by atoms with Gasteiger partial charge in [-0.1, -0.05) is 23.8 Å². The van der Waals surface area contributed by atoms with Crippen LogP contribution in [0.3, 0.4) is 0 Å². The molecule has 2 aliphatic rings. The number of hydrogen-bond donors (Lipinski definition) is 0. The molecule has 0 aromatic heterocycles. The second-order valence-electron chi connectivity index (χ2n) is 4.53. The Bertz CT molecular complexity index is 307. The topological polar surface area (TPSA) is 17.1 Å². The van der Waals surface area contributed by atoms with Gasteiger partial charge in [-0.2, -0.15) is 0 Å². The van der Waals surface area contributed by atoms with E-state index in [-0.39, 0.29) is 11.3 Å². The molecule has 0 N–H and O–H groups in total. The minimum Gasteiger partial charge on any atom is -0.298 e. The van der Waals surface area contributed by atoms with Gasteiger partial charge >= 0.3 is 0 Å². The highest BCUT2D eigenvalue weighted by atomic mass is 16.1. The van der Waals surface area contributed by atoms with E-state index in [1.807, 2.05) is 6.92 Å². The fourth-order valence-corrected chi connectivity index (χ4v) is 2.82. The van der Waals surface area contributed by atoms with E-state index in [4.69, 9.17) is 0 Å². The molecule has 2 unspecified atom stereocenters. The van der Waals surface area contributed by atoms with Crippen LogP contribution in [-0.2, 0) is 4.79 Å². The van der Waals surface area contributed by atoms with Crippen LogP contribution in [0.1, 0.15) is 27.2 Å². The summed E-state index contributed by atoms with van der Waals surface area (Å²) in [7, 11) is 0. The zero-order valence-corrected chi connectivity index (χ0v) is 8.50. The number of Topliss-reactive ketones (excluding diaryl/α,β-unsaturated/α-hetero) is 1. The van der Waals surface area contributed by atoms with E-state index in [9.17, 15) is 4.79 Å². The van der Waals surface area contributed by atoms with E-state index in [1.54, 1.807) is 0 Å². The summed E-state index contributed by atoms with van der Waals surface area (Å²) < 4.78 is 0. The summed E-state index contributed by atoms with van der Waals surface area (Å²) in [6.07, 6.45) is 7.42. The summed E-state index contributed by atoms with van der Waals surface area (Å²) in [6, 6.07) is 0. The van der Waals surface area contributed by atoms with Crippen LogP contribution < -0.4 is 0 Å². The summed E-state index contributed by atoms with van der Waals surface area (Å²) in [6.45, 7) is 6.15. The van der Waals surface area contributed by atoms with E-state index in [0.29, 0.717) is 11.7 Å². The smallest absolute Gasteiger partial charge is 0.146 e. The Morgan fingerprint density at radius 2 is 2.23 bits per heavy atom. The van der Waals surface area contributed by atoms with Gasteiger partial charge in [0.2, 0.25) is 0 Å². The molecule has 1 nitrogen and oxygen atoms in total. The molecule has 2 rings (SSSR count). The number of rotatable bonds is 0. The monoisotopic (exact) mass is 176 g/mol. The van der Waals surface area contributed by atoms with Crippen molar-refractivity contribution in [2.24, 2.45) is 17.3 Å². The minimum absolute atomic E-state index is 0.213. The third-order valence-corrected chi connectivity index (χ3v) is 3.51. The van der Waals surface area contributed by atoms with Crippen LogP contribution in [0.25, 0.3) is 0 Å². The number of carbonyl (C=O) groups excluding carboxylic acids is 1. The van der Waals surface area contributed by atoms with Crippen molar-refractivity contribution in [3.63, 3.8) is 0 Å². The van der Waals surface area contributed by atoms with Gasteiger partial charge in [0.15, 0.2) is 0 Å². The van der Waals surface area contributed by atoms with Gasteiger partial charge in [0.05, 0.1) is 0 Å². The van der Waals surface area contributed by atoms with Crippen molar-refractivity contribution in [3.05, 3.63) is 23.8 Å². The van der Waals surface area contributed by atoms with Gasteiger partial charge in [0, 0.05) is 17.3 Å². The lowest BCUT2D eigenvalue weighted by atomic mass is 9.83. The Morgan fingerprint density at radius 3 is 2.85 bits per heavy atom. The highest BCUT2D eigenvalue weighted by Gasteiger charge is 2.50. The summed E-state index contributed by atoms with van der Waals surface area (Å²) in [5.41, 5.74) is 1.10. The molecule has 2 aliphatic carbocycles. The Labute approximate surface area is 79.5 Å². The van der Waals surface area contributed by atoms with Gasteiger partial charge in [-0.15, -0.1) is 0 Å². The maximum atomic E-state index is 12.0. The second kappa shape index (κ2) is 2.57. The van der Waals surface area contributed by atoms with Crippen molar-refractivity contribution in [1.29, 1.82) is 0 Å². The SMILES string of the molecule is C/C=C1/C2C=CCC2C(=O)C1(C)C. The third kappa shape index (κ3) is 0.962. The van der Waals surface area contributed by atoms with Gasteiger partial charge in [-0.3, -0.25) is 4.79 Å². The standard InChI is InChI=1S/C12H16O/c1-4-10-8-6-5-7-9(8)11(13)12(10,2)3/h4-6,8-9H,7H2,1-3H3/b10-4-. The van der Waals surface area contributed by atoms with Gasteiger partial charge < -0.3 is 0 Å². The maximum absolute atomic E-state index is 12.0. The van der Waals surface area contributed by atoms with Crippen LogP contribution in [0.15, 0.2) is 23.8 Å². The molecule has 13 heavy (non-hydrogen) atoms. The van der Waals surface area contributed by atoms with Crippen LogP contribution in [0, 0.1) is 17.3 Å². The van der Waals surface area contributed by atoms with Crippen LogP contribution in [0.2, 0.25) is 0 Å². The average molecular weight is 176 g/mol. The maximum Gasteiger partial charge on any atom is 0.146 e. The average Bonchev–Trinajstić information content (AvgIpc) is 2.57. The van der Waals surface area contributed by atoms with Crippen molar-refractivity contribution in [2.45, 2.75) is 27.2 Å². The molecule has 70 valence electrons. The van der Waals surface area contributed by atoms with E-state index in [1.165, 1.54) is 5.57 Å². The summed E-state index contributed by atoms with van der Waals surface area (Å²) in [4.78, 5) is 12.0. The van der Waals surface area contributed by atoms with Crippen molar-refractivity contribution < 1.29 is 4.79 Å². The molecular formula is C12H16O. The van der Waals surface area contributed by atoms with Crippen LogP contribution in [0.5, 0.6) is 0 Å². The molecule has 2 atom stereocenters. The quantitative estimate of drug-likeness (QED) is 0.519.